The maximum absolute atomic E-state index is 11.8. The van der Waals surface area contributed by atoms with Crippen LogP contribution in [0, 0.1) is 0 Å². The van der Waals surface area contributed by atoms with Gasteiger partial charge in [-0.3, -0.25) is 4.79 Å². The monoisotopic (exact) mass is 278 g/mol. The van der Waals surface area contributed by atoms with Crippen LogP contribution in [0.1, 0.15) is 27.4 Å². The molecule has 2 rings (SSSR count). The van der Waals surface area contributed by atoms with Gasteiger partial charge in [0, 0.05) is 11.2 Å². The molecular formula is C13H11BrO2. The molecule has 0 aliphatic heterocycles. The highest BCUT2D eigenvalue weighted by molar-refractivity contribution is 9.09. The topological polar surface area (TPSA) is 30.2 Å². The number of hydrogen-bond donors (Lipinski definition) is 0. The minimum atomic E-state index is 0.00993. The van der Waals surface area contributed by atoms with E-state index in [2.05, 4.69) is 15.9 Å². The first-order valence-corrected chi connectivity index (χ1v) is 5.94. The average molecular weight is 279 g/mol. The molecule has 1 atom stereocenters. The van der Waals surface area contributed by atoms with E-state index in [9.17, 15) is 4.79 Å². The van der Waals surface area contributed by atoms with Gasteiger partial charge in [-0.15, -0.1) is 0 Å². The lowest BCUT2D eigenvalue weighted by atomic mass is 10.1. The van der Waals surface area contributed by atoms with Crippen molar-refractivity contribution in [2.45, 2.75) is 11.2 Å². The normalized spacial score (nSPS) is 12.3. The fraction of sp³-hybridized carbons (Fsp3) is 0.154. The molecule has 0 amide bonds. The molecule has 2 aromatic rings. The van der Waals surface area contributed by atoms with Crippen molar-refractivity contribution in [2.75, 3.05) is 0 Å². The Morgan fingerprint density at radius 3 is 2.56 bits per heavy atom. The molecule has 0 radical (unpaired) electrons. The summed E-state index contributed by atoms with van der Waals surface area (Å²) in [7, 11) is 0. The van der Waals surface area contributed by atoms with Gasteiger partial charge in [0.15, 0.2) is 11.5 Å². The third-order valence-corrected chi connectivity index (χ3v) is 3.17. The fourth-order valence-electron chi connectivity index (χ4n) is 1.48. The van der Waals surface area contributed by atoms with Gasteiger partial charge in [-0.2, -0.15) is 0 Å². The third-order valence-electron chi connectivity index (χ3n) is 2.32. The molecule has 1 unspecified atom stereocenters. The van der Waals surface area contributed by atoms with Gasteiger partial charge in [-0.05, 0) is 17.7 Å². The van der Waals surface area contributed by atoms with Crippen molar-refractivity contribution in [1.82, 2.24) is 0 Å². The number of benzene rings is 1. The molecule has 0 fully saturated rings. The van der Waals surface area contributed by atoms with Crippen molar-refractivity contribution in [3.8, 4) is 0 Å². The van der Waals surface area contributed by atoms with Crippen molar-refractivity contribution < 1.29 is 9.21 Å². The van der Waals surface area contributed by atoms with Gasteiger partial charge in [0.2, 0.25) is 0 Å². The van der Waals surface area contributed by atoms with E-state index in [4.69, 9.17) is 4.42 Å². The molecular weight excluding hydrogens is 268 g/mol. The molecule has 1 heterocycles. The maximum Gasteiger partial charge on any atom is 0.199 e. The third kappa shape index (κ3) is 2.61. The Morgan fingerprint density at radius 2 is 1.94 bits per heavy atom. The first-order chi connectivity index (χ1) is 7.77. The Morgan fingerprint density at radius 1 is 1.19 bits per heavy atom. The van der Waals surface area contributed by atoms with Crippen LogP contribution in [-0.4, -0.2) is 5.78 Å². The highest BCUT2D eigenvalue weighted by atomic mass is 79.9. The van der Waals surface area contributed by atoms with E-state index in [0.29, 0.717) is 12.2 Å². The van der Waals surface area contributed by atoms with E-state index < -0.39 is 0 Å². The van der Waals surface area contributed by atoms with Crippen LogP contribution in [-0.2, 0) is 0 Å². The highest BCUT2D eigenvalue weighted by Crippen LogP contribution is 2.27. The number of hydrogen-bond acceptors (Lipinski definition) is 2. The number of carbonyl (C=O) groups is 1. The van der Waals surface area contributed by atoms with Gasteiger partial charge in [-0.1, -0.05) is 46.3 Å². The summed E-state index contributed by atoms with van der Waals surface area (Å²) in [6, 6.07) is 13.3. The van der Waals surface area contributed by atoms with Crippen molar-refractivity contribution in [1.29, 1.82) is 0 Å². The van der Waals surface area contributed by atoms with Gasteiger partial charge in [0.25, 0.3) is 0 Å². The number of alkyl halides is 1. The van der Waals surface area contributed by atoms with E-state index in [1.165, 1.54) is 6.26 Å². The Labute approximate surface area is 102 Å². The van der Waals surface area contributed by atoms with Gasteiger partial charge < -0.3 is 4.42 Å². The van der Waals surface area contributed by atoms with Crippen LogP contribution in [0.4, 0.5) is 0 Å². The maximum atomic E-state index is 11.8. The van der Waals surface area contributed by atoms with Gasteiger partial charge in [-0.25, -0.2) is 0 Å². The lowest BCUT2D eigenvalue weighted by Crippen LogP contribution is -2.01. The standard InChI is InChI=1S/C13H11BrO2/c14-11(10-5-2-1-3-6-10)9-12(15)13-7-4-8-16-13/h1-8,11H,9H2. The van der Waals surface area contributed by atoms with E-state index >= 15 is 0 Å². The largest absolute Gasteiger partial charge is 0.461 e. The molecule has 0 saturated carbocycles. The molecule has 0 aliphatic rings. The van der Waals surface area contributed by atoms with Gasteiger partial charge >= 0.3 is 0 Å². The Bertz CT molecular complexity index is 448. The molecule has 0 aliphatic carbocycles. The van der Waals surface area contributed by atoms with Crippen LogP contribution in [0.3, 0.4) is 0 Å². The van der Waals surface area contributed by atoms with E-state index in [0.717, 1.165) is 5.56 Å². The molecule has 0 bridgehead atoms. The molecule has 1 aromatic heterocycles. The molecule has 2 nitrogen and oxygen atoms in total. The van der Waals surface area contributed by atoms with Crippen LogP contribution < -0.4 is 0 Å². The number of halogens is 1. The predicted molar refractivity (Wildman–Crippen MR) is 65.8 cm³/mol. The second-order valence-electron chi connectivity index (χ2n) is 3.48. The molecule has 16 heavy (non-hydrogen) atoms. The van der Waals surface area contributed by atoms with Crippen LogP contribution >= 0.6 is 15.9 Å². The Kier molecular flexibility index (Phi) is 3.57. The quantitative estimate of drug-likeness (QED) is 0.625. The molecule has 3 heteroatoms. The molecule has 1 aromatic carbocycles. The minimum Gasteiger partial charge on any atom is -0.461 e. The molecule has 0 saturated heterocycles. The second-order valence-corrected chi connectivity index (χ2v) is 4.59. The van der Waals surface area contributed by atoms with Crippen LogP contribution in [0.5, 0.6) is 0 Å². The summed E-state index contributed by atoms with van der Waals surface area (Å²) < 4.78 is 5.06. The molecule has 82 valence electrons. The van der Waals surface area contributed by atoms with Crippen molar-refractivity contribution in [3.63, 3.8) is 0 Å². The number of furan rings is 1. The number of Topliss-reactive ketones (excluding diaryl/α,β-unsaturated/α-hetero) is 1. The van der Waals surface area contributed by atoms with E-state index in [-0.39, 0.29) is 10.6 Å². The van der Waals surface area contributed by atoms with Gasteiger partial charge in [0.1, 0.15) is 0 Å². The number of rotatable bonds is 4. The van der Waals surface area contributed by atoms with E-state index in [1.54, 1.807) is 12.1 Å². The van der Waals surface area contributed by atoms with Crippen molar-refractivity contribution in [3.05, 3.63) is 60.1 Å². The zero-order chi connectivity index (χ0) is 11.4. The second kappa shape index (κ2) is 5.12. The van der Waals surface area contributed by atoms with Crippen molar-refractivity contribution >= 4 is 21.7 Å². The number of carbonyl (C=O) groups excluding carboxylic acids is 1. The lowest BCUT2D eigenvalue weighted by Gasteiger charge is -2.07. The lowest BCUT2D eigenvalue weighted by molar-refractivity contribution is 0.0956. The smallest absolute Gasteiger partial charge is 0.199 e. The first kappa shape index (κ1) is 11.1. The summed E-state index contributed by atoms with van der Waals surface area (Å²) in [5.74, 6) is 0.427. The van der Waals surface area contributed by atoms with Gasteiger partial charge in [0.05, 0.1) is 6.26 Å². The minimum absolute atomic E-state index is 0.00993. The average Bonchev–Trinajstić information content (AvgIpc) is 2.83. The van der Waals surface area contributed by atoms with E-state index in [1.807, 2.05) is 30.3 Å². The zero-order valence-electron chi connectivity index (χ0n) is 8.60. The van der Waals surface area contributed by atoms with Crippen LogP contribution in [0.15, 0.2) is 53.1 Å². The Hall–Kier alpha value is -1.35. The summed E-state index contributed by atoms with van der Waals surface area (Å²) >= 11 is 3.51. The van der Waals surface area contributed by atoms with Crippen molar-refractivity contribution in [2.24, 2.45) is 0 Å². The molecule has 0 spiro atoms. The summed E-state index contributed by atoms with van der Waals surface area (Å²) in [5, 5.41) is 0. The van der Waals surface area contributed by atoms with Crippen LogP contribution in [0.25, 0.3) is 0 Å². The Balaban J connectivity index is 2.03. The zero-order valence-corrected chi connectivity index (χ0v) is 10.2. The predicted octanol–water partition coefficient (Wildman–Crippen LogP) is 3.99. The van der Waals surface area contributed by atoms with Crippen LogP contribution in [0.2, 0.25) is 0 Å². The fourth-order valence-corrected chi connectivity index (χ4v) is 2.08. The summed E-state index contributed by atoms with van der Waals surface area (Å²) in [4.78, 5) is 11.8. The highest BCUT2D eigenvalue weighted by Gasteiger charge is 2.15. The summed E-state index contributed by atoms with van der Waals surface area (Å²) in [6.07, 6.45) is 1.91. The molecule has 0 N–H and O–H groups in total. The number of ketones is 1. The summed E-state index contributed by atoms with van der Waals surface area (Å²) in [5.41, 5.74) is 1.10. The summed E-state index contributed by atoms with van der Waals surface area (Å²) in [6.45, 7) is 0. The first-order valence-electron chi connectivity index (χ1n) is 5.03. The SMILES string of the molecule is O=C(CC(Br)c1ccccc1)c1ccco1.